The average Bonchev–Trinajstić information content (AvgIpc) is 2.57. The Labute approximate surface area is 113 Å². The summed E-state index contributed by atoms with van der Waals surface area (Å²) in [6.07, 6.45) is 2.21. The van der Waals surface area contributed by atoms with Gasteiger partial charge >= 0.3 is 0 Å². The summed E-state index contributed by atoms with van der Waals surface area (Å²) in [5.74, 6) is 1.85. The van der Waals surface area contributed by atoms with E-state index in [1.165, 1.54) is 0 Å². The number of rotatable bonds is 7. The molecule has 0 aliphatic carbocycles. The van der Waals surface area contributed by atoms with Crippen LogP contribution >= 0.6 is 23.4 Å². The molecule has 0 saturated carbocycles. The van der Waals surface area contributed by atoms with Gasteiger partial charge < -0.3 is 5.11 Å². The smallest absolute Gasteiger partial charge is 0.0850 e. The van der Waals surface area contributed by atoms with Gasteiger partial charge in [0.1, 0.15) is 0 Å². The van der Waals surface area contributed by atoms with Crippen molar-refractivity contribution in [2.45, 2.75) is 39.2 Å². The first-order valence-electron chi connectivity index (χ1n) is 6.06. The van der Waals surface area contributed by atoms with Crippen LogP contribution < -0.4 is 0 Å². The third-order valence-electron chi connectivity index (χ3n) is 2.59. The van der Waals surface area contributed by atoms with Crippen LogP contribution in [0.3, 0.4) is 0 Å². The summed E-state index contributed by atoms with van der Waals surface area (Å²) in [6.45, 7) is 4.18. The van der Waals surface area contributed by atoms with E-state index in [0.29, 0.717) is 6.42 Å². The molecule has 3 nitrogen and oxygen atoms in total. The maximum Gasteiger partial charge on any atom is 0.0850 e. The minimum Gasteiger partial charge on any atom is -0.392 e. The molecule has 1 atom stereocenters. The van der Waals surface area contributed by atoms with Crippen LogP contribution in [0.1, 0.15) is 31.7 Å². The van der Waals surface area contributed by atoms with Crippen molar-refractivity contribution in [3.05, 3.63) is 16.4 Å². The van der Waals surface area contributed by atoms with Gasteiger partial charge in [0.2, 0.25) is 0 Å². The highest BCUT2D eigenvalue weighted by molar-refractivity contribution is 7.99. The fourth-order valence-corrected chi connectivity index (χ4v) is 2.90. The van der Waals surface area contributed by atoms with Gasteiger partial charge in [0, 0.05) is 19.2 Å². The summed E-state index contributed by atoms with van der Waals surface area (Å²) in [7, 11) is 1.88. The van der Waals surface area contributed by atoms with E-state index in [9.17, 15) is 5.11 Å². The van der Waals surface area contributed by atoms with Crippen molar-refractivity contribution in [2.75, 3.05) is 11.5 Å². The van der Waals surface area contributed by atoms with E-state index < -0.39 is 0 Å². The van der Waals surface area contributed by atoms with Gasteiger partial charge in [0.05, 0.1) is 22.5 Å². The Kier molecular flexibility index (Phi) is 6.38. The molecule has 0 aliphatic heterocycles. The number of hydrogen-bond donors (Lipinski definition) is 1. The highest BCUT2D eigenvalue weighted by Crippen LogP contribution is 2.22. The van der Waals surface area contributed by atoms with Crippen molar-refractivity contribution in [3.8, 4) is 0 Å². The molecule has 0 spiro atoms. The molecule has 0 amide bonds. The average molecular weight is 277 g/mol. The van der Waals surface area contributed by atoms with E-state index >= 15 is 0 Å². The molecule has 1 heterocycles. The third-order valence-corrected chi connectivity index (χ3v) is 4.34. The lowest BCUT2D eigenvalue weighted by Gasteiger charge is -2.10. The van der Waals surface area contributed by atoms with Crippen LogP contribution in [0.25, 0.3) is 0 Å². The van der Waals surface area contributed by atoms with Gasteiger partial charge in [-0.3, -0.25) is 4.68 Å². The van der Waals surface area contributed by atoms with Crippen LogP contribution in [0, 0.1) is 0 Å². The number of aliphatic hydroxyl groups excluding tert-OH is 1. The number of thioether (sulfide) groups is 1. The van der Waals surface area contributed by atoms with Gasteiger partial charge in [-0.25, -0.2) is 0 Å². The van der Waals surface area contributed by atoms with Gasteiger partial charge in [-0.1, -0.05) is 25.4 Å². The molecule has 1 rings (SSSR count). The summed E-state index contributed by atoms with van der Waals surface area (Å²) in [6, 6.07) is 0. The topological polar surface area (TPSA) is 38.1 Å². The Morgan fingerprint density at radius 3 is 2.71 bits per heavy atom. The second-order valence-corrected chi connectivity index (χ2v) is 5.65. The molecule has 0 radical (unpaired) electrons. The highest BCUT2D eigenvalue weighted by Gasteiger charge is 2.16. The Morgan fingerprint density at radius 1 is 1.47 bits per heavy atom. The summed E-state index contributed by atoms with van der Waals surface area (Å²) in [4.78, 5) is 0. The van der Waals surface area contributed by atoms with E-state index in [0.717, 1.165) is 40.8 Å². The van der Waals surface area contributed by atoms with E-state index in [1.54, 1.807) is 16.4 Å². The molecule has 0 saturated heterocycles. The monoisotopic (exact) mass is 276 g/mol. The number of hydrogen-bond acceptors (Lipinski definition) is 3. The fourth-order valence-electron chi connectivity index (χ4n) is 1.69. The molecule has 0 aliphatic rings. The van der Waals surface area contributed by atoms with Gasteiger partial charge in [0.15, 0.2) is 0 Å². The zero-order valence-electron chi connectivity index (χ0n) is 10.7. The Balaban J connectivity index is 2.58. The number of halogens is 1. The van der Waals surface area contributed by atoms with Gasteiger partial charge in [-0.05, 0) is 18.6 Å². The van der Waals surface area contributed by atoms with Crippen molar-refractivity contribution >= 4 is 23.4 Å². The molecule has 0 aromatic carbocycles. The number of aliphatic hydroxyl groups is 1. The molecular formula is C12H21ClN2OS. The van der Waals surface area contributed by atoms with Crippen molar-refractivity contribution in [3.63, 3.8) is 0 Å². The van der Waals surface area contributed by atoms with E-state index in [2.05, 4.69) is 12.0 Å². The molecule has 1 unspecified atom stereocenters. The van der Waals surface area contributed by atoms with Crippen molar-refractivity contribution < 1.29 is 5.11 Å². The molecule has 17 heavy (non-hydrogen) atoms. The molecule has 1 aromatic heterocycles. The molecule has 0 bridgehead atoms. The molecule has 1 N–H and O–H groups in total. The zero-order chi connectivity index (χ0) is 12.8. The van der Waals surface area contributed by atoms with Crippen molar-refractivity contribution in [1.82, 2.24) is 9.78 Å². The summed E-state index contributed by atoms with van der Waals surface area (Å²) < 4.78 is 1.79. The van der Waals surface area contributed by atoms with Crippen molar-refractivity contribution in [1.29, 1.82) is 0 Å². The minimum atomic E-state index is -0.343. The van der Waals surface area contributed by atoms with Crippen LogP contribution in [0.5, 0.6) is 0 Å². The number of aryl methyl sites for hydroxylation is 2. The predicted molar refractivity (Wildman–Crippen MR) is 74.9 cm³/mol. The Morgan fingerprint density at radius 2 is 2.18 bits per heavy atom. The molecule has 98 valence electrons. The molecular weight excluding hydrogens is 256 g/mol. The van der Waals surface area contributed by atoms with E-state index in [4.69, 9.17) is 11.6 Å². The standard InChI is InChI=1S/C12H21ClN2OS/c1-4-6-17-8-9(16)7-11-12(13)10(5-2)14-15(11)3/h9,16H,4-8H2,1-3H3. The fraction of sp³-hybridized carbons (Fsp3) is 0.750. The van der Waals surface area contributed by atoms with E-state index in [-0.39, 0.29) is 6.10 Å². The van der Waals surface area contributed by atoms with E-state index in [1.807, 2.05) is 14.0 Å². The van der Waals surface area contributed by atoms with Crippen LogP contribution in [0.2, 0.25) is 5.02 Å². The Bertz CT molecular complexity index is 355. The second-order valence-electron chi connectivity index (χ2n) is 4.12. The number of nitrogens with zero attached hydrogens (tertiary/aromatic N) is 2. The number of aromatic nitrogens is 2. The minimum absolute atomic E-state index is 0.343. The second kappa shape index (κ2) is 7.29. The van der Waals surface area contributed by atoms with Gasteiger partial charge in [-0.2, -0.15) is 16.9 Å². The van der Waals surface area contributed by atoms with Gasteiger partial charge in [-0.15, -0.1) is 0 Å². The summed E-state index contributed by atoms with van der Waals surface area (Å²) in [5, 5.41) is 15.0. The largest absolute Gasteiger partial charge is 0.392 e. The highest BCUT2D eigenvalue weighted by atomic mass is 35.5. The van der Waals surface area contributed by atoms with Crippen LogP contribution in [-0.4, -0.2) is 32.5 Å². The first-order chi connectivity index (χ1) is 8.10. The van der Waals surface area contributed by atoms with Crippen LogP contribution in [0.15, 0.2) is 0 Å². The lowest BCUT2D eigenvalue weighted by molar-refractivity contribution is 0.197. The molecule has 0 fully saturated rings. The lowest BCUT2D eigenvalue weighted by Crippen LogP contribution is -2.16. The summed E-state index contributed by atoms with van der Waals surface area (Å²) >= 11 is 8.02. The zero-order valence-corrected chi connectivity index (χ0v) is 12.3. The lowest BCUT2D eigenvalue weighted by atomic mass is 10.2. The maximum atomic E-state index is 9.94. The van der Waals surface area contributed by atoms with Crippen LogP contribution in [-0.2, 0) is 19.9 Å². The molecule has 5 heteroatoms. The normalized spacial score (nSPS) is 13.0. The predicted octanol–water partition coefficient (Wildman–Crippen LogP) is 2.68. The Hall–Kier alpha value is -0.190. The van der Waals surface area contributed by atoms with Gasteiger partial charge in [0.25, 0.3) is 0 Å². The van der Waals surface area contributed by atoms with Crippen molar-refractivity contribution in [2.24, 2.45) is 7.05 Å². The van der Waals surface area contributed by atoms with Crippen LogP contribution in [0.4, 0.5) is 0 Å². The third kappa shape index (κ3) is 4.19. The quantitative estimate of drug-likeness (QED) is 0.778. The first kappa shape index (κ1) is 14.9. The maximum absolute atomic E-state index is 9.94. The molecule has 1 aromatic rings. The summed E-state index contributed by atoms with van der Waals surface area (Å²) in [5.41, 5.74) is 1.85. The SMILES string of the molecule is CCCSCC(O)Cc1c(Cl)c(CC)nn1C. The first-order valence-corrected chi connectivity index (χ1v) is 7.59.